The van der Waals surface area contributed by atoms with Gasteiger partial charge in [0.2, 0.25) is 10.0 Å². The van der Waals surface area contributed by atoms with Gasteiger partial charge in [0.05, 0.1) is 5.25 Å². The van der Waals surface area contributed by atoms with Crippen molar-refractivity contribution in [2.75, 3.05) is 20.1 Å². The van der Waals surface area contributed by atoms with E-state index in [0.717, 1.165) is 32.2 Å². The molecule has 1 aromatic carbocycles. The smallest absolute Gasteiger partial charge is 0.217 e. The van der Waals surface area contributed by atoms with Crippen LogP contribution in [0.15, 0.2) is 18.2 Å². The van der Waals surface area contributed by atoms with Gasteiger partial charge in [-0.25, -0.2) is 17.1 Å². The van der Waals surface area contributed by atoms with Crippen molar-refractivity contribution < 1.29 is 12.8 Å². The van der Waals surface area contributed by atoms with Crippen LogP contribution in [0.25, 0.3) is 0 Å². The quantitative estimate of drug-likeness (QED) is 0.810. The van der Waals surface area contributed by atoms with Crippen LogP contribution in [0.1, 0.15) is 31.2 Å². The van der Waals surface area contributed by atoms with Crippen LogP contribution in [-0.2, 0) is 16.6 Å². The number of piperidine rings is 1. The number of hydrogen-bond acceptors (Lipinski definition) is 3. The lowest BCUT2D eigenvalue weighted by Gasteiger charge is -2.37. The molecule has 0 aromatic heterocycles. The van der Waals surface area contributed by atoms with Crippen LogP contribution >= 0.6 is 11.6 Å². The molecule has 23 heavy (non-hydrogen) atoms. The van der Waals surface area contributed by atoms with E-state index in [1.165, 1.54) is 6.07 Å². The predicted molar refractivity (Wildman–Crippen MR) is 89.4 cm³/mol. The Bertz CT molecular complexity index is 658. The van der Waals surface area contributed by atoms with Crippen molar-refractivity contribution in [3.8, 4) is 0 Å². The minimum Gasteiger partial charge on any atom is -0.297 e. The van der Waals surface area contributed by atoms with E-state index >= 15 is 0 Å². The van der Waals surface area contributed by atoms with Gasteiger partial charge in [0.25, 0.3) is 0 Å². The Morgan fingerprint density at radius 3 is 2.74 bits per heavy atom. The van der Waals surface area contributed by atoms with Crippen LogP contribution in [0.4, 0.5) is 4.39 Å². The van der Waals surface area contributed by atoms with Crippen LogP contribution < -0.4 is 0 Å². The Hall–Kier alpha value is -0.690. The molecule has 1 heterocycles. The van der Waals surface area contributed by atoms with E-state index < -0.39 is 10.0 Å². The molecule has 7 heteroatoms. The number of likely N-dealkylation sites (N-methyl/N-ethyl adjacent to an activating group) is 1. The van der Waals surface area contributed by atoms with Crippen molar-refractivity contribution in [3.63, 3.8) is 0 Å². The first-order chi connectivity index (χ1) is 10.9. The van der Waals surface area contributed by atoms with Crippen LogP contribution in [-0.4, -0.2) is 49.1 Å². The second-order valence-corrected chi connectivity index (χ2v) is 9.17. The third-order valence-electron chi connectivity index (χ3n) is 4.79. The van der Waals surface area contributed by atoms with Gasteiger partial charge in [0.15, 0.2) is 0 Å². The molecule has 0 N–H and O–H groups in total. The van der Waals surface area contributed by atoms with Gasteiger partial charge < -0.3 is 0 Å². The molecule has 1 aliphatic carbocycles. The molecule has 1 aromatic rings. The zero-order valence-corrected chi connectivity index (χ0v) is 14.8. The van der Waals surface area contributed by atoms with Crippen LogP contribution in [0.3, 0.4) is 0 Å². The number of sulfonamides is 1. The zero-order chi connectivity index (χ0) is 16.6. The van der Waals surface area contributed by atoms with Crippen molar-refractivity contribution in [1.29, 1.82) is 0 Å². The Balaban J connectivity index is 1.69. The van der Waals surface area contributed by atoms with Gasteiger partial charge >= 0.3 is 0 Å². The topological polar surface area (TPSA) is 40.6 Å². The molecule has 0 amide bonds. The maximum Gasteiger partial charge on any atom is 0.217 e. The summed E-state index contributed by atoms with van der Waals surface area (Å²) in [6, 6.07) is 4.65. The van der Waals surface area contributed by atoms with E-state index in [1.54, 1.807) is 23.5 Å². The second-order valence-electron chi connectivity index (χ2n) is 6.49. The highest BCUT2D eigenvalue weighted by Gasteiger charge is 2.41. The SMILES string of the molecule is CN(C1CCCN(Cc2c(F)cccc2Cl)C1)S(=O)(=O)C1CC1. The molecule has 2 aliphatic rings. The van der Waals surface area contributed by atoms with E-state index in [1.807, 2.05) is 0 Å². The lowest BCUT2D eigenvalue weighted by Crippen LogP contribution is -2.49. The maximum absolute atomic E-state index is 13.9. The van der Waals surface area contributed by atoms with E-state index in [4.69, 9.17) is 11.6 Å². The minimum atomic E-state index is -3.17. The van der Waals surface area contributed by atoms with Gasteiger partial charge in [-0.05, 0) is 44.4 Å². The van der Waals surface area contributed by atoms with E-state index in [-0.39, 0.29) is 17.1 Å². The Kier molecular flexibility index (Phi) is 4.97. The fraction of sp³-hybridized carbons (Fsp3) is 0.625. The normalized spacial score (nSPS) is 23.4. The Labute approximate surface area is 142 Å². The summed E-state index contributed by atoms with van der Waals surface area (Å²) < 4.78 is 40.3. The molecule has 4 nitrogen and oxygen atoms in total. The van der Waals surface area contributed by atoms with Crippen molar-refractivity contribution in [1.82, 2.24) is 9.21 Å². The second kappa shape index (κ2) is 6.67. The highest BCUT2D eigenvalue weighted by Crippen LogP contribution is 2.33. The fourth-order valence-electron chi connectivity index (χ4n) is 3.19. The number of likely N-dealkylation sites (tertiary alicyclic amines) is 1. The van der Waals surface area contributed by atoms with Gasteiger partial charge in [-0.1, -0.05) is 17.7 Å². The Morgan fingerprint density at radius 2 is 2.09 bits per heavy atom. The molecule has 2 fully saturated rings. The average molecular weight is 361 g/mol. The van der Waals surface area contributed by atoms with Gasteiger partial charge in [-0.15, -0.1) is 0 Å². The highest BCUT2D eigenvalue weighted by molar-refractivity contribution is 7.90. The number of hydrogen-bond donors (Lipinski definition) is 0. The summed E-state index contributed by atoms with van der Waals surface area (Å²) in [5.41, 5.74) is 0.488. The number of benzene rings is 1. The third-order valence-corrected chi connectivity index (χ3v) is 7.55. The molecule has 3 rings (SSSR count). The van der Waals surface area contributed by atoms with E-state index in [9.17, 15) is 12.8 Å². The fourth-order valence-corrected chi connectivity index (χ4v) is 5.20. The lowest BCUT2D eigenvalue weighted by atomic mass is 10.0. The first kappa shape index (κ1) is 17.1. The van der Waals surface area contributed by atoms with Crippen molar-refractivity contribution in [2.45, 2.75) is 43.5 Å². The number of halogens is 2. The number of nitrogens with zero attached hydrogens (tertiary/aromatic N) is 2. The molecule has 1 aliphatic heterocycles. The van der Waals surface area contributed by atoms with E-state index in [0.29, 0.717) is 23.7 Å². The van der Waals surface area contributed by atoms with Gasteiger partial charge in [-0.3, -0.25) is 4.90 Å². The summed E-state index contributed by atoms with van der Waals surface area (Å²) in [5, 5.41) is 0.231. The molecule has 1 unspecified atom stereocenters. The minimum absolute atomic E-state index is 0.0418. The summed E-state index contributed by atoms with van der Waals surface area (Å²) in [4.78, 5) is 2.09. The summed E-state index contributed by atoms with van der Waals surface area (Å²) in [6.07, 6.45) is 3.30. The first-order valence-corrected chi connectivity index (χ1v) is 9.90. The first-order valence-electron chi connectivity index (χ1n) is 8.01. The summed E-state index contributed by atoms with van der Waals surface area (Å²) in [5.74, 6) is -0.307. The monoisotopic (exact) mass is 360 g/mol. The lowest BCUT2D eigenvalue weighted by molar-refractivity contribution is 0.151. The molecule has 0 radical (unpaired) electrons. The summed E-state index contributed by atoms with van der Waals surface area (Å²) >= 11 is 6.10. The maximum atomic E-state index is 13.9. The molecule has 0 spiro atoms. The van der Waals surface area contributed by atoms with Crippen molar-refractivity contribution >= 4 is 21.6 Å². The van der Waals surface area contributed by atoms with Crippen LogP contribution in [0.2, 0.25) is 5.02 Å². The predicted octanol–water partition coefficient (Wildman–Crippen LogP) is 2.87. The average Bonchev–Trinajstić information content (AvgIpc) is 3.36. The van der Waals surface area contributed by atoms with Crippen LogP contribution in [0, 0.1) is 5.82 Å². The van der Waals surface area contributed by atoms with Crippen molar-refractivity contribution in [2.24, 2.45) is 0 Å². The standard InChI is InChI=1S/C16H22ClFN2O2S/c1-19(23(21,22)13-7-8-13)12-4-3-9-20(10-12)11-14-15(17)5-2-6-16(14)18/h2,5-6,12-13H,3-4,7-11H2,1H3. The van der Waals surface area contributed by atoms with Crippen LogP contribution in [0.5, 0.6) is 0 Å². The molecule has 1 saturated carbocycles. The highest BCUT2D eigenvalue weighted by atomic mass is 35.5. The molecular formula is C16H22ClFN2O2S. The summed E-state index contributed by atoms with van der Waals surface area (Å²) in [7, 11) is -1.49. The number of rotatable bonds is 5. The van der Waals surface area contributed by atoms with Crippen molar-refractivity contribution in [3.05, 3.63) is 34.6 Å². The molecule has 0 bridgehead atoms. The Morgan fingerprint density at radius 1 is 1.35 bits per heavy atom. The van der Waals surface area contributed by atoms with Gasteiger partial charge in [-0.2, -0.15) is 0 Å². The zero-order valence-electron chi connectivity index (χ0n) is 13.2. The largest absolute Gasteiger partial charge is 0.297 e. The molecule has 1 saturated heterocycles. The molecule has 1 atom stereocenters. The molecule has 128 valence electrons. The van der Waals surface area contributed by atoms with Gasteiger partial charge in [0.1, 0.15) is 5.82 Å². The van der Waals surface area contributed by atoms with E-state index in [2.05, 4.69) is 4.90 Å². The third kappa shape index (κ3) is 3.71. The summed E-state index contributed by atoms with van der Waals surface area (Å²) in [6.45, 7) is 1.87. The van der Waals surface area contributed by atoms with Gasteiger partial charge in [0, 0.05) is 36.8 Å². The molecular weight excluding hydrogens is 339 g/mol.